The van der Waals surface area contributed by atoms with Crippen LogP contribution in [-0.2, 0) is 11.2 Å². The van der Waals surface area contributed by atoms with Crippen LogP contribution in [0.4, 0.5) is 0 Å². The Labute approximate surface area is 165 Å². The second kappa shape index (κ2) is 8.29. The number of pyridine rings is 1. The van der Waals surface area contributed by atoms with Crippen molar-refractivity contribution < 1.29 is 19.7 Å². The summed E-state index contributed by atoms with van der Waals surface area (Å²) >= 11 is 12.6. The maximum atomic E-state index is 10.6. The zero-order valence-electron chi connectivity index (χ0n) is 14.0. The largest absolute Gasteiger partial charge is 0.507 e. The summed E-state index contributed by atoms with van der Waals surface area (Å²) in [7, 11) is 0. The van der Waals surface area contributed by atoms with E-state index in [4.69, 9.17) is 33.0 Å². The lowest BCUT2D eigenvalue weighted by atomic mass is 10.0. The van der Waals surface area contributed by atoms with Crippen molar-refractivity contribution in [3.63, 3.8) is 0 Å². The number of ether oxygens (including phenoxy) is 1. The average molecular weight is 404 g/mol. The highest BCUT2D eigenvalue weighted by molar-refractivity contribution is 6.36. The fourth-order valence-corrected chi connectivity index (χ4v) is 3.20. The number of aliphatic carboxylic acids is 1. The van der Waals surface area contributed by atoms with Gasteiger partial charge >= 0.3 is 5.97 Å². The topological polar surface area (TPSA) is 79.7 Å². The van der Waals surface area contributed by atoms with Gasteiger partial charge in [0.2, 0.25) is 0 Å². The number of carboxylic acid groups (broad SMARTS) is 1. The molecule has 2 aromatic carbocycles. The van der Waals surface area contributed by atoms with E-state index in [0.717, 1.165) is 5.56 Å². The Morgan fingerprint density at radius 1 is 1.07 bits per heavy atom. The van der Waals surface area contributed by atoms with Gasteiger partial charge in [0.25, 0.3) is 0 Å². The van der Waals surface area contributed by atoms with Crippen molar-refractivity contribution in [2.24, 2.45) is 0 Å². The molecule has 0 amide bonds. The van der Waals surface area contributed by atoms with Crippen LogP contribution in [0.2, 0.25) is 10.0 Å². The van der Waals surface area contributed by atoms with Crippen LogP contribution in [0.15, 0.2) is 54.7 Å². The summed E-state index contributed by atoms with van der Waals surface area (Å²) in [6, 6.07) is 13.7. The predicted octanol–water partition coefficient (Wildman–Crippen LogP) is 4.82. The molecular weight excluding hydrogens is 389 g/mol. The van der Waals surface area contributed by atoms with E-state index in [0.29, 0.717) is 33.3 Å². The molecular formula is C20H15Cl2NO4. The molecule has 0 atom stereocenters. The van der Waals surface area contributed by atoms with Gasteiger partial charge in [-0.3, -0.25) is 4.98 Å². The molecule has 0 saturated heterocycles. The number of aromatic nitrogens is 1. The van der Waals surface area contributed by atoms with Crippen LogP contribution in [0.25, 0.3) is 11.3 Å². The number of carboxylic acids is 1. The number of rotatable bonds is 6. The van der Waals surface area contributed by atoms with Gasteiger partial charge in [0.1, 0.15) is 11.5 Å². The molecule has 0 radical (unpaired) electrons. The molecule has 5 nitrogen and oxygen atoms in total. The third kappa shape index (κ3) is 4.70. The number of halogens is 2. The maximum Gasteiger partial charge on any atom is 0.341 e. The number of benzene rings is 2. The molecule has 27 heavy (non-hydrogen) atoms. The maximum absolute atomic E-state index is 10.6. The summed E-state index contributed by atoms with van der Waals surface area (Å²) in [5, 5.41) is 19.6. The predicted molar refractivity (Wildman–Crippen MR) is 104 cm³/mol. The molecule has 138 valence electrons. The summed E-state index contributed by atoms with van der Waals surface area (Å²) < 4.78 is 5.12. The van der Waals surface area contributed by atoms with Gasteiger partial charge in [-0.25, -0.2) is 4.79 Å². The molecule has 1 heterocycles. The van der Waals surface area contributed by atoms with Crippen LogP contribution in [0.1, 0.15) is 11.1 Å². The van der Waals surface area contributed by atoms with Crippen molar-refractivity contribution in [3.05, 3.63) is 75.9 Å². The van der Waals surface area contributed by atoms with E-state index in [1.54, 1.807) is 24.4 Å². The summed E-state index contributed by atoms with van der Waals surface area (Å²) in [6.45, 7) is -0.475. The molecule has 0 aliphatic carbocycles. The highest BCUT2D eigenvalue weighted by Crippen LogP contribution is 2.34. The first-order valence-corrected chi connectivity index (χ1v) is 8.75. The fourth-order valence-electron chi connectivity index (χ4n) is 2.60. The quantitative estimate of drug-likeness (QED) is 0.616. The number of nitrogens with zero attached hydrogens (tertiary/aromatic N) is 1. The second-order valence-corrected chi connectivity index (χ2v) is 6.61. The lowest BCUT2D eigenvalue weighted by Gasteiger charge is -2.12. The number of phenolic OH excluding ortho intramolecular Hbond substituents is 1. The van der Waals surface area contributed by atoms with Gasteiger partial charge in [0.05, 0.1) is 5.69 Å². The van der Waals surface area contributed by atoms with Crippen LogP contribution in [-0.4, -0.2) is 27.8 Å². The van der Waals surface area contributed by atoms with Crippen molar-refractivity contribution in [2.45, 2.75) is 6.42 Å². The Hall–Kier alpha value is -2.76. The van der Waals surface area contributed by atoms with E-state index in [-0.39, 0.29) is 11.5 Å². The van der Waals surface area contributed by atoms with Gasteiger partial charge in [-0.15, -0.1) is 0 Å². The number of carbonyl (C=O) groups is 1. The van der Waals surface area contributed by atoms with E-state index < -0.39 is 12.6 Å². The highest BCUT2D eigenvalue weighted by atomic mass is 35.5. The second-order valence-electron chi connectivity index (χ2n) is 5.79. The van der Waals surface area contributed by atoms with Crippen molar-refractivity contribution in [2.75, 3.05) is 6.61 Å². The van der Waals surface area contributed by atoms with Crippen molar-refractivity contribution in [3.8, 4) is 22.8 Å². The van der Waals surface area contributed by atoms with E-state index in [1.807, 2.05) is 18.2 Å². The van der Waals surface area contributed by atoms with Crippen molar-refractivity contribution >= 4 is 29.2 Å². The minimum atomic E-state index is -1.09. The zero-order chi connectivity index (χ0) is 19.4. The van der Waals surface area contributed by atoms with Gasteiger partial charge < -0.3 is 14.9 Å². The Morgan fingerprint density at radius 2 is 1.81 bits per heavy atom. The molecule has 1 aromatic heterocycles. The monoisotopic (exact) mass is 403 g/mol. The molecule has 0 unspecified atom stereocenters. The Kier molecular flexibility index (Phi) is 5.84. The summed E-state index contributed by atoms with van der Waals surface area (Å²) in [6.07, 6.45) is 2.09. The summed E-state index contributed by atoms with van der Waals surface area (Å²) in [5.74, 6) is -0.666. The van der Waals surface area contributed by atoms with Crippen molar-refractivity contribution in [1.29, 1.82) is 0 Å². The number of phenols is 1. The van der Waals surface area contributed by atoms with Crippen LogP contribution in [0, 0.1) is 0 Å². The van der Waals surface area contributed by atoms with Gasteiger partial charge in [0, 0.05) is 28.2 Å². The van der Waals surface area contributed by atoms with Gasteiger partial charge in [-0.2, -0.15) is 0 Å². The third-order valence-corrected chi connectivity index (χ3v) is 4.53. The first kappa shape index (κ1) is 19.0. The Balaban J connectivity index is 1.88. The minimum Gasteiger partial charge on any atom is -0.507 e. The van der Waals surface area contributed by atoms with Crippen LogP contribution < -0.4 is 4.74 Å². The molecule has 0 aliphatic heterocycles. The van der Waals surface area contributed by atoms with Crippen LogP contribution >= 0.6 is 23.2 Å². The highest BCUT2D eigenvalue weighted by Gasteiger charge is 2.13. The normalized spacial score (nSPS) is 10.6. The SMILES string of the molecule is O=C(O)COc1cc(Cl)c(Cc2ccc(O)c(-c3ccccn3)c2)c(Cl)c1. The molecule has 0 fully saturated rings. The molecule has 0 bridgehead atoms. The summed E-state index contributed by atoms with van der Waals surface area (Å²) in [4.78, 5) is 14.9. The minimum absolute atomic E-state index is 0.132. The van der Waals surface area contributed by atoms with E-state index in [2.05, 4.69) is 4.98 Å². The molecule has 7 heteroatoms. The van der Waals surface area contributed by atoms with Gasteiger partial charge in [-0.1, -0.05) is 35.3 Å². The lowest BCUT2D eigenvalue weighted by Crippen LogP contribution is -2.09. The average Bonchev–Trinajstić information content (AvgIpc) is 2.65. The number of hydrogen-bond acceptors (Lipinski definition) is 4. The van der Waals surface area contributed by atoms with E-state index in [1.165, 1.54) is 12.1 Å². The van der Waals surface area contributed by atoms with E-state index in [9.17, 15) is 9.90 Å². The lowest BCUT2D eigenvalue weighted by molar-refractivity contribution is -0.139. The molecule has 0 saturated carbocycles. The van der Waals surface area contributed by atoms with Crippen molar-refractivity contribution in [1.82, 2.24) is 4.98 Å². The van der Waals surface area contributed by atoms with Gasteiger partial charge in [-0.05, 0) is 47.5 Å². The first-order chi connectivity index (χ1) is 12.9. The Morgan fingerprint density at radius 3 is 2.44 bits per heavy atom. The Bertz CT molecular complexity index is 954. The molecule has 3 aromatic rings. The summed E-state index contributed by atoms with van der Waals surface area (Å²) in [5.41, 5.74) is 2.84. The standard InChI is InChI=1S/C20H15Cl2NO4/c21-16-9-13(27-11-20(25)26)10-17(22)14(16)7-12-4-5-19(24)15(8-12)18-3-1-2-6-23-18/h1-6,8-10,24H,7,11H2,(H,25,26). The molecule has 0 spiro atoms. The first-order valence-electron chi connectivity index (χ1n) is 8.00. The van der Waals surface area contributed by atoms with E-state index >= 15 is 0 Å². The van der Waals surface area contributed by atoms with Crippen LogP contribution in [0.5, 0.6) is 11.5 Å². The smallest absolute Gasteiger partial charge is 0.341 e. The zero-order valence-corrected chi connectivity index (χ0v) is 15.5. The number of aromatic hydroxyl groups is 1. The fraction of sp³-hybridized carbons (Fsp3) is 0.100. The molecule has 0 aliphatic rings. The number of hydrogen-bond donors (Lipinski definition) is 2. The molecule has 2 N–H and O–H groups in total. The van der Waals surface area contributed by atoms with Gasteiger partial charge in [0.15, 0.2) is 6.61 Å². The third-order valence-electron chi connectivity index (χ3n) is 3.86. The molecule has 3 rings (SSSR count). The van der Waals surface area contributed by atoms with Crippen LogP contribution in [0.3, 0.4) is 0 Å².